The number of ether oxygens (including phenoxy) is 4. The monoisotopic (exact) mass is 601 g/mol. The zero-order chi connectivity index (χ0) is 29.9. The van der Waals surface area contributed by atoms with E-state index in [1.165, 1.54) is 13.8 Å². The molecule has 0 radical (unpaired) electrons. The Hall–Kier alpha value is -1.23. The van der Waals surface area contributed by atoms with Crippen molar-refractivity contribution >= 4 is 23.6 Å². The van der Waals surface area contributed by atoms with E-state index < -0.39 is 122 Å². The molecule has 0 aromatic rings. The summed E-state index contributed by atoms with van der Waals surface area (Å²) in [6, 6.07) is -3.86. The number of hydrogen-bond donors (Lipinski definition) is 11. The number of thioether (sulfide) groups is 1. The van der Waals surface area contributed by atoms with E-state index in [0.717, 1.165) is 11.8 Å². The quantitative estimate of drug-likeness (QED) is 0.117. The van der Waals surface area contributed by atoms with Crippen LogP contribution in [0.15, 0.2) is 0 Å². The van der Waals surface area contributed by atoms with Gasteiger partial charge in [0.15, 0.2) is 12.6 Å². The third-order valence-corrected chi connectivity index (χ3v) is 8.55. The van der Waals surface area contributed by atoms with Crippen molar-refractivity contribution in [2.45, 2.75) is 104 Å². The maximum Gasteiger partial charge on any atom is 0.217 e. The minimum Gasteiger partial charge on any atom is -0.394 e. The SMILES string of the molecule is CC(=O)N[C@@H]1[C@@H](O)[C@H](O[C@@H]2O[C@H](CO)[C@@H](O)[C@H](O)[C@H]2N)[C@@H](CO)O[C@H]1S[C@H]1[C@H](O)[C@@H](NC(C)=O)C(O)O[C@@H]1CO. The first kappa shape index (κ1) is 33.3. The zero-order valence-electron chi connectivity index (χ0n) is 21.8. The Balaban J connectivity index is 1.85. The Labute approximate surface area is 233 Å². The van der Waals surface area contributed by atoms with E-state index in [9.17, 15) is 50.4 Å². The molecule has 12 N–H and O–H groups in total. The Morgan fingerprint density at radius 1 is 0.775 bits per heavy atom. The summed E-state index contributed by atoms with van der Waals surface area (Å²) < 4.78 is 22.6. The van der Waals surface area contributed by atoms with Crippen LogP contribution in [0.5, 0.6) is 0 Å². The molecule has 0 saturated carbocycles. The Kier molecular flexibility index (Phi) is 11.9. The van der Waals surface area contributed by atoms with Crippen molar-refractivity contribution < 1.29 is 69.4 Å². The van der Waals surface area contributed by atoms with Gasteiger partial charge in [0.05, 0.1) is 49.4 Å². The van der Waals surface area contributed by atoms with Crippen LogP contribution in [0.25, 0.3) is 0 Å². The standard InChI is InChI=1S/C22H39N3O14S/c1-6(29)24-12-17(34)19(10(5-28)36-20(12)35)40-22-13(25-7(2)30)16(33)18(9(4-27)38-22)39-21-11(23)15(32)14(31)8(3-26)37-21/h8-22,26-28,31-35H,3-5,23H2,1-2H3,(H,24,29)(H,25,30)/t8-,9-,10-,11-,12-,13-,14-,15-,16-,17-,18-,19-,20?,21+,22+/m1/s1. The van der Waals surface area contributed by atoms with Crippen LogP contribution in [-0.2, 0) is 28.5 Å². The van der Waals surface area contributed by atoms with E-state index in [2.05, 4.69) is 10.6 Å². The van der Waals surface area contributed by atoms with Gasteiger partial charge < -0.3 is 76.2 Å². The predicted molar refractivity (Wildman–Crippen MR) is 133 cm³/mol. The number of aliphatic hydroxyl groups excluding tert-OH is 8. The van der Waals surface area contributed by atoms with Crippen LogP contribution >= 0.6 is 11.8 Å². The van der Waals surface area contributed by atoms with Gasteiger partial charge in [-0.15, -0.1) is 11.8 Å². The minimum absolute atomic E-state index is 0.567. The highest BCUT2D eigenvalue weighted by Gasteiger charge is 2.53. The molecule has 40 heavy (non-hydrogen) atoms. The molecule has 0 aromatic carbocycles. The number of aliphatic hydroxyl groups is 8. The maximum atomic E-state index is 12.1. The van der Waals surface area contributed by atoms with Crippen LogP contribution in [0.2, 0.25) is 0 Å². The number of amides is 2. The van der Waals surface area contributed by atoms with Gasteiger partial charge in [0.1, 0.15) is 48.1 Å². The van der Waals surface area contributed by atoms with Crippen LogP contribution in [0.4, 0.5) is 0 Å². The van der Waals surface area contributed by atoms with Gasteiger partial charge in [-0.2, -0.15) is 0 Å². The highest BCUT2D eigenvalue weighted by Crippen LogP contribution is 2.38. The first-order valence-corrected chi connectivity index (χ1v) is 13.6. The lowest BCUT2D eigenvalue weighted by atomic mass is 9.95. The van der Waals surface area contributed by atoms with E-state index in [1.54, 1.807) is 0 Å². The van der Waals surface area contributed by atoms with Crippen LogP contribution in [-0.4, -0.2) is 163 Å². The normalized spacial score (nSPS) is 46.0. The molecule has 0 aliphatic carbocycles. The topological polar surface area (TPSA) is 283 Å². The van der Waals surface area contributed by atoms with Crippen molar-refractivity contribution in [2.24, 2.45) is 5.73 Å². The third kappa shape index (κ3) is 7.21. The van der Waals surface area contributed by atoms with Gasteiger partial charge in [0.25, 0.3) is 0 Å². The molecule has 0 aromatic heterocycles. The summed E-state index contributed by atoms with van der Waals surface area (Å²) in [7, 11) is 0. The average molecular weight is 602 g/mol. The summed E-state index contributed by atoms with van der Waals surface area (Å²) in [6.07, 6.45) is -14.4. The van der Waals surface area contributed by atoms with Gasteiger partial charge in [0, 0.05) is 13.8 Å². The molecule has 232 valence electrons. The van der Waals surface area contributed by atoms with Crippen LogP contribution in [0, 0.1) is 0 Å². The van der Waals surface area contributed by atoms with Crippen molar-refractivity contribution in [1.29, 1.82) is 0 Å². The van der Waals surface area contributed by atoms with E-state index in [1.807, 2.05) is 0 Å². The lowest BCUT2D eigenvalue weighted by Gasteiger charge is -2.49. The molecule has 2 amide bonds. The average Bonchev–Trinajstić information content (AvgIpc) is 2.90. The lowest BCUT2D eigenvalue weighted by Crippen LogP contribution is -2.68. The highest BCUT2D eigenvalue weighted by molar-refractivity contribution is 8.00. The van der Waals surface area contributed by atoms with Gasteiger partial charge in [0.2, 0.25) is 11.8 Å². The molecule has 18 heteroatoms. The molecule has 0 bridgehead atoms. The number of hydrogen-bond acceptors (Lipinski definition) is 16. The van der Waals surface area contributed by atoms with Crippen LogP contribution < -0.4 is 16.4 Å². The molecule has 3 aliphatic rings. The van der Waals surface area contributed by atoms with E-state index in [0.29, 0.717) is 0 Å². The van der Waals surface area contributed by atoms with Gasteiger partial charge in [-0.05, 0) is 0 Å². The molecule has 3 saturated heterocycles. The van der Waals surface area contributed by atoms with Crippen molar-refractivity contribution in [3.8, 4) is 0 Å². The van der Waals surface area contributed by atoms with Gasteiger partial charge in [-0.25, -0.2) is 0 Å². The fourth-order valence-corrected chi connectivity index (χ4v) is 6.49. The van der Waals surface area contributed by atoms with Gasteiger partial charge in [-0.3, -0.25) is 9.59 Å². The maximum absolute atomic E-state index is 12.1. The largest absolute Gasteiger partial charge is 0.394 e. The lowest BCUT2D eigenvalue weighted by molar-refractivity contribution is -0.307. The molecular weight excluding hydrogens is 562 g/mol. The Morgan fingerprint density at radius 3 is 1.90 bits per heavy atom. The molecule has 3 aliphatic heterocycles. The van der Waals surface area contributed by atoms with Crippen molar-refractivity contribution in [1.82, 2.24) is 10.6 Å². The molecule has 3 heterocycles. The second kappa shape index (κ2) is 14.3. The molecule has 15 atom stereocenters. The highest BCUT2D eigenvalue weighted by atomic mass is 32.2. The van der Waals surface area contributed by atoms with Crippen LogP contribution in [0.3, 0.4) is 0 Å². The fraction of sp³-hybridized carbons (Fsp3) is 0.909. The number of carbonyl (C=O) groups is 2. The van der Waals surface area contributed by atoms with E-state index in [-0.39, 0.29) is 0 Å². The Morgan fingerprint density at radius 2 is 1.35 bits per heavy atom. The summed E-state index contributed by atoms with van der Waals surface area (Å²) >= 11 is 0.818. The summed E-state index contributed by atoms with van der Waals surface area (Å²) in [5, 5.41) is 86.0. The summed E-state index contributed by atoms with van der Waals surface area (Å²) in [5.74, 6) is -1.16. The summed E-state index contributed by atoms with van der Waals surface area (Å²) in [4.78, 5) is 23.6. The molecule has 3 rings (SSSR count). The van der Waals surface area contributed by atoms with Gasteiger partial charge in [-0.1, -0.05) is 0 Å². The summed E-state index contributed by atoms with van der Waals surface area (Å²) in [6.45, 7) is 0.290. The molecule has 3 fully saturated rings. The summed E-state index contributed by atoms with van der Waals surface area (Å²) in [5.41, 5.74) is 4.74. The predicted octanol–water partition coefficient (Wildman–Crippen LogP) is -6.60. The smallest absolute Gasteiger partial charge is 0.217 e. The third-order valence-electron chi connectivity index (χ3n) is 6.98. The molecular formula is C22H39N3O14S. The van der Waals surface area contributed by atoms with E-state index >= 15 is 0 Å². The second-order valence-electron chi connectivity index (χ2n) is 9.89. The minimum atomic E-state index is -1.64. The first-order valence-electron chi connectivity index (χ1n) is 12.6. The van der Waals surface area contributed by atoms with Gasteiger partial charge >= 0.3 is 0 Å². The molecule has 0 spiro atoms. The number of carbonyl (C=O) groups excluding carboxylic acids is 2. The van der Waals surface area contributed by atoms with Crippen LogP contribution in [0.1, 0.15) is 13.8 Å². The number of rotatable bonds is 9. The first-order chi connectivity index (χ1) is 18.8. The molecule has 17 nitrogen and oxygen atoms in total. The van der Waals surface area contributed by atoms with E-state index in [4.69, 9.17) is 24.7 Å². The van der Waals surface area contributed by atoms with Crippen molar-refractivity contribution in [2.75, 3.05) is 19.8 Å². The zero-order valence-corrected chi connectivity index (χ0v) is 22.6. The fourth-order valence-electron chi connectivity index (χ4n) is 4.92. The van der Waals surface area contributed by atoms with Crippen molar-refractivity contribution in [3.63, 3.8) is 0 Å². The second-order valence-corrected chi connectivity index (χ2v) is 11.2. The number of nitrogens with two attached hydrogens (primary N) is 1. The number of nitrogens with one attached hydrogen (secondary N) is 2. The van der Waals surface area contributed by atoms with Crippen molar-refractivity contribution in [3.05, 3.63) is 0 Å². The molecule has 1 unspecified atom stereocenters. The Bertz CT molecular complexity index is 860.